The standard InChI is InChI=1S/C24H20F2N2O4/c1-31-20-10-5-15(11-21(20)32-2)24(30)28-13-22(29)27-19-9-8-17(26)12-18(19)23(28)14-3-6-16(25)7-4-14/h3-12,23H,13H2,1-2H3,(H,27,29)/t23-/m0/s1. The minimum Gasteiger partial charge on any atom is -0.493 e. The van der Waals surface area contributed by atoms with Gasteiger partial charge in [0.2, 0.25) is 5.91 Å². The number of nitrogens with one attached hydrogen (secondary N) is 1. The van der Waals surface area contributed by atoms with Crippen molar-refractivity contribution in [2.24, 2.45) is 0 Å². The van der Waals surface area contributed by atoms with Crippen LogP contribution in [0.5, 0.6) is 11.5 Å². The molecule has 1 aliphatic heterocycles. The summed E-state index contributed by atoms with van der Waals surface area (Å²) in [6.07, 6.45) is 0. The molecule has 0 fully saturated rings. The molecule has 0 spiro atoms. The molecule has 0 saturated heterocycles. The van der Waals surface area contributed by atoms with E-state index in [1.807, 2.05) is 0 Å². The first-order valence-corrected chi connectivity index (χ1v) is 9.79. The molecule has 3 aromatic carbocycles. The molecule has 0 aliphatic carbocycles. The van der Waals surface area contributed by atoms with Gasteiger partial charge in [-0.3, -0.25) is 9.59 Å². The van der Waals surface area contributed by atoms with Crippen molar-refractivity contribution in [3.8, 4) is 11.5 Å². The van der Waals surface area contributed by atoms with Crippen molar-refractivity contribution >= 4 is 17.5 Å². The second-order valence-corrected chi connectivity index (χ2v) is 7.24. The van der Waals surface area contributed by atoms with Gasteiger partial charge in [0.1, 0.15) is 18.2 Å². The van der Waals surface area contributed by atoms with Gasteiger partial charge in [0.25, 0.3) is 5.91 Å². The Morgan fingerprint density at radius 2 is 1.62 bits per heavy atom. The van der Waals surface area contributed by atoms with E-state index in [-0.39, 0.29) is 12.1 Å². The zero-order chi connectivity index (χ0) is 22.8. The van der Waals surface area contributed by atoms with E-state index >= 15 is 0 Å². The average Bonchev–Trinajstić information content (AvgIpc) is 2.94. The number of methoxy groups -OCH3 is 2. The number of nitrogens with zero attached hydrogens (tertiary/aromatic N) is 1. The summed E-state index contributed by atoms with van der Waals surface area (Å²) in [5, 5.41) is 2.72. The van der Waals surface area contributed by atoms with Gasteiger partial charge in [-0.1, -0.05) is 12.1 Å². The third kappa shape index (κ3) is 3.99. The Hall–Kier alpha value is -3.94. The van der Waals surface area contributed by atoms with E-state index in [9.17, 15) is 18.4 Å². The Morgan fingerprint density at radius 1 is 0.938 bits per heavy atom. The molecule has 0 saturated carbocycles. The van der Waals surface area contributed by atoms with Gasteiger partial charge in [-0.2, -0.15) is 0 Å². The normalized spacial score (nSPS) is 15.4. The molecule has 8 heteroatoms. The van der Waals surface area contributed by atoms with E-state index in [2.05, 4.69) is 5.32 Å². The fourth-order valence-electron chi connectivity index (χ4n) is 3.81. The summed E-state index contributed by atoms with van der Waals surface area (Å²) in [7, 11) is 2.93. The molecule has 0 radical (unpaired) electrons. The largest absolute Gasteiger partial charge is 0.493 e. The molecule has 3 aromatic rings. The first kappa shape index (κ1) is 21.3. The highest BCUT2D eigenvalue weighted by atomic mass is 19.1. The van der Waals surface area contributed by atoms with Crippen LogP contribution in [0, 0.1) is 11.6 Å². The van der Waals surface area contributed by atoms with E-state index in [1.165, 1.54) is 67.7 Å². The van der Waals surface area contributed by atoms with Crippen molar-refractivity contribution in [3.63, 3.8) is 0 Å². The van der Waals surface area contributed by atoms with Crippen LogP contribution in [0.4, 0.5) is 14.5 Å². The predicted octanol–water partition coefficient (Wildman–Crippen LogP) is 4.17. The van der Waals surface area contributed by atoms with Crippen LogP contribution in [0.15, 0.2) is 60.7 Å². The van der Waals surface area contributed by atoms with Gasteiger partial charge in [0.15, 0.2) is 11.5 Å². The van der Waals surface area contributed by atoms with Crippen molar-refractivity contribution < 1.29 is 27.8 Å². The summed E-state index contributed by atoms with van der Waals surface area (Å²) in [6, 6.07) is 13.3. The van der Waals surface area contributed by atoms with Gasteiger partial charge in [-0.25, -0.2) is 8.78 Å². The highest BCUT2D eigenvalue weighted by molar-refractivity contribution is 6.01. The van der Waals surface area contributed by atoms with Gasteiger partial charge in [0, 0.05) is 16.8 Å². The van der Waals surface area contributed by atoms with Crippen molar-refractivity contribution in [3.05, 3.63) is 89.0 Å². The second-order valence-electron chi connectivity index (χ2n) is 7.24. The van der Waals surface area contributed by atoms with Crippen molar-refractivity contribution in [1.82, 2.24) is 4.90 Å². The first-order valence-electron chi connectivity index (χ1n) is 9.79. The molecule has 1 atom stereocenters. The van der Waals surface area contributed by atoms with E-state index in [1.54, 1.807) is 12.1 Å². The number of anilines is 1. The molecule has 0 bridgehead atoms. The van der Waals surface area contributed by atoms with Crippen molar-refractivity contribution in [2.75, 3.05) is 26.1 Å². The number of ether oxygens (including phenoxy) is 2. The summed E-state index contributed by atoms with van der Waals surface area (Å²) < 4.78 is 38.3. The maximum absolute atomic E-state index is 14.2. The van der Waals surface area contributed by atoms with Crippen LogP contribution in [0.25, 0.3) is 0 Å². The molecule has 1 N–H and O–H groups in total. The lowest BCUT2D eigenvalue weighted by Gasteiger charge is -2.31. The minimum absolute atomic E-state index is 0.252. The van der Waals surface area contributed by atoms with Crippen molar-refractivity contribution in [1.29, 1.82) is 0 Å². The van der Waals surface area contributed by atoms with Crippen LogP contribution in [0.1, 0.15) is 27.5 Å². The second kappa shape index (κ2) is 8.66. The molecule has 32 heavy (non-hydrogen) atoms. The van der Waals surface area contributed by atoms with E-state index in [0.29, 0.717) is 28.3 Å². The SMILES string of the molecule is COc1ccc(C(=O)N2CC(=O)Nc3ccc(F)cc3[C@@H]2c2ccc(F)cc2)cc1OC. The Balaban J connectivity index is 1.87. The predicted molar refractivity (Wildman–Crippen MR) is 114 cm³/mol. The molecule has 2 amide bonds. The Morgan fingerprint density at radius 3 is 2.31 bits per heavy atom. The molecule has 6 nitrogen and oxygen atoms in total. The van der Waals surface area contributed by atoms with Gasteiger partial charge >= 0.3 is 0 Å². The maximum Gasteiger partial charge on any atom is 0.255 e. The monoisotopic (exact) mass is 438 g/mol. The molecule has 4 rings (SSSR count). The van der Waals surface area contributed by atoms with Gasteiger partial charge < -0.3 is 19.7 Å². The zero-order valence-corrected chi connectivity index (χ0v) is 17.4. The van der Waals surface area contributed by atoms with Crippen LogP contribution in [-0.4, -0.2) is 37.5 Å². The number of fused-ring (bicyclic) bond motifs is 1. The third-order valence-corrected chi connectivity index (χ3v) is 5.29. The van der Waals surface area contributed by atoms with Gasteiger partial charge in [-0.15, -0.1) is 0 Å². The molecule has 0 unspecified atom stereocenters. The lowest BCUT2D eigenvalue weighted by molar-refractivity contribution is -0.117. The Bertz CT molecular complexity index is 1180. The molecular weight excluding hydrogens is 418 g/mol. The van der Waals surface area contributed by atoms with Crippen molar-refractivity contribution in [2.45, 2.75) is 6.04 Å². The van der Waals surface area contributed by atoms with Crippen LogP contribution in [-0.2, 0) is 4.79 Å². The number of amides is 2. The van der Waals surface area contributed by atoms with E-state index < -0.39 is 29.5 Å². The number of hydrogen-bond acceptors (Lipinski definition) is 4. The number of benzene rings is 3. The lowest BCUT2D eigenvalue weighted by atomic mass is 9.95. The summed E-state index contributed by atoms with van der Waals surface area (Å²) in [5.74, 6) is -1.09. The fraction of sp³-hybridized carbons (Fsp3) is 0.167. The van der Waals surface area contributed by atoms with Crippen LogP contribution < -0.4 is 14.8 Å². The summed E-state index contributed by atoms with van der Waals surface area (Å²) in [4.78, 5) is 27.5. The zero-order valence-electron chi connectivity index (χ0n) is 17.4. The molecule has 164 valence electrons. The van der Waals surface area contributed by atoms with Crippen LogP contribution in [0.3, 0.4) is 0 Å². The number of hydrogen-bond donors (Lipinski definition) is 1. The minimum atomic E-state index is -0.833. The molecule has 0 aromatic heterocycles. The summed E-state index contributed by atoms with van der Waals surface area (Å²) >= 11 is 0. The van der Waals surface area contributed by atoms with Gasteiger partial charge in [0.05, 0.1) is 20.3 Å². The molecule has 1 heterocycles. The first-order chi connectivity index (χ1) is 15.4. The van der Waals surface area contributed by atoms with Crippen LogP contribution in [0.2, 0.25) is 0 Å². The quantitative estimate of drug-likeness (QED) is 0.664. The Kier molecular flexibility index (Phi) is 5.77. The summed E-state index contributed by atoms with van der Waals surface area (Å²) in [6.45, 7) is -0.286. The Labute approximate surface area is 183 Å². The topological polar surface area (TPSA) is 67.9 Å². The third-order valence-electron chi connectivity index (χ3n) is 5.29. The van der Waals surface area contributed by atoms with E-state index in [4.69, 9.17) is 9.47 Å². The highest BCUT2D eigenvalue weighted by Gasteiger charge is 2.34. The lowest BCUT2D eigenvalue weighted by Crippen LogP contribution is -2.39. The van der Waals surface area contributed by atoms with Crippen LogP contribution >= 0.6 is 0 Å². The number of carbonyl (C=O) groups excluding carboxylic acids is 2. The smallest absolute Gasteiger partial charge is 0.255 e. The number of rotatable bonds is 4. The number of carbonyl (C=O) groups is 2. The highest BCUT2D eigenvalue weighted by Crippen LogP contribution is 2.38. The average molecular weight is 438 g/mol. The number of halogens is 2. The fourth-order valence-corrected chi connectivity index (χ4v) is 3.81. The summed E-state index contributed by atoms with van der Waals surface area (Å²) in [5.41, 5.74) is 1.55. The molecule has 1 aliphatic rings. The maximum atomic E-state index is 14.2. The van der Waals surface area contributed by atoms with Gasteiger partial charge in [-0.05, 0) is 54.1 Å². The molecular formula is C24H20F2N2O4. The van der Waals surface area contributed by atoms with E-state index in [0.717, 1.165) is 0 Å².